The minimum Gasteiger partial charge on any atom is -0.394 e. The summed E-state index contributed by atoms with van der Waals surface area (Å²) < 4.78 is 1.34. The highest BCUT2D eigenvalue weighted by Gasteiger charge is 2.10. The van der Waals surface area contributed by atoms with Gasteiger partial charge in [0.05, 0.1) is 19.3 Å². The van der Waals surface area contributed by atoms with Crippen LogP contribution < -0.4 is 5.56 Å². The fraction of sp³-hybridized carbons (Fsp3) is 0.364. The Morgan fingerprint density at radius 3 is 2.94 bits per heavy atom. The first-order valence-electron chi connectivity index (χ1n) is 5.35. The van der Waals surface area contributed by atoms with Crippen LogP contribution >= 0.6 is 11.8 Å². The van der Waals surface area contributed by atoms with Crippen molar-refractivity contribution in [3.05, 3.63) is 28.7 Å². The van der Waals surface area contributed by atoms with Crippen molar-refractivity contribution in [2.75, 3.05) is 12.9 Å². The molecule has 0 aromatic carbocycles. The summed E-state index contributed by atoms with van der Waals surface area (Å²) >= 11 is 1.37. The monoisotopic (exact) mass is 267 g/mol. The van der Waals surface area contributed by atoms with E-state index >= 15 is 0 Å². The van der Waals surface area contributed by atoms with Gasteiger partial charge in [-0.15, -0.1) is 0 Å². The molecule has 2 rings (SSSR count). The minimum atomic E-state index is -0.985. The number of pyridine rings is 1. The molecular weight excluding hydrogens is 254 g/mol. The van der Waals surface area contributed by atoms with Gasteiger partial charge in [-0.05, 0) is 12.3 Å². The van der Waals surface area contributed by atoms with E-state index in [4.69, 9.17) is 5.11 Å². The molecule has 18 heavy (non-hydrogen) atoms. The standard InChI is InChI=1S/C11H13N3O3S/c1-18-11-12-4-7-2-3-9(17)14(10(7)13-11)5-8(16)6-15/h2-4,8,15-16H,5-6H2,1H3. The van der Waals surface area contributed by atoms with Crippen molar-refractivity contribution >= 4 is 22.8 Å². The van der Waals surface area contributed by atoms with Crippen molar-refractivity contribution in [1.82, 2.24) is 14.5 Å². The van der Waals surface area contributed by atoms with Gasteiger partial charge in [0, 0.05) is 17.6 Å². The number of thioether (sulfide) groups is 1. The molecule has 0 amide bonds. The SMILES string of the molecule is CSc1ncc2ccc(=O)n(CC(O)CO)c2n1. The van der Waals surface area contributed by atoms with Gasteiger partial charge in [-0.3, -0.25) is 9.36 Å². The Kier molecular flexibility index (Phi) is 3.95. The third-order valence-electron chi connectivity index (χ3n) is 2.49. The Balaban J connectivity index is 2.60. The summed E-state index contributed by atoms with van der Waals surface area (Å²) in [6.45, 7) is -0.388. The van der Waals surface area contributed by atoms with Crippen LogP contribution in [0.3, 0.4) is 0 Å². The molecule has 0 aliphatic heterocycles. The minimum absolute atomic E-state index is 0.0114. The van der Waals surface area contributed by atoms with E-state index in [-0.39, 0.29) is 12.1 Å². The van der Waals surface area contributed by atoms with Crippen LogP contribution in [0, 0.1) is 0 Å². The lowest BCUT2D eigenvalue weighted by atomic mass is 10.3. The van der Waals surface area contributed by atoms with E-state index in [0.29, 0.717) is 10.8 Å². The van der Waals surface area contributed by atoms with Crippen LogP contribution in [0.2, 0.25) is 0 Å². The van der Waals surface area contributed by atoms with E-state index in [9.17, 15) is 9.90 Å². The van der Waals surface area contributed by atoms with Crippen molar-refractivity contribution in [1.29, 1.82) is 0 Å². The molecule has 0 spiro atoms. The second-order valence-corrected chi connectivity index (χ2v) is 4.53. The molecule has 2 aromatic heterocycles. The van der Waals surface area contributed by atoms with Crippen LogP contribution in [0.1, 0.15) is 0 Å². The Hall–Kier alpha value is -1.44. The Morgan fingerprint density at radius 2 is 2.28 bits per heavy atom. The average molecular weight is 267 g/mol. The molecule has 1 unspecified atom stereocenters. The van der Waals surface area contributed by atoms with Gasteiger partial charge in [0.1, 0.15) is 5.65 Å². The number of hydrogen-bond donors (Lipinski definition) is 2. The predicted molar refractivity (Wildman–Crippen MR) is 68.7 cm³/mol. The number of aromatic nitrogens is 3. The van der Waals surface area contributed by atoms with Crippen molar-refractivity contribution in [2.24, 2.45) is 0 Å². The van der Waals surface area contributed by atoms with Gasteiger partial charge < -0.3 is 10.2 Å². The molecule has 0 saturated carbocycles. The zero-order valence-corrected chi connectivity index (χ0v) is 10.6. The number of hydrogen-bond acceptors (Lipinski definition) is 6. The van der Waals surface area contributed by atoms with Gasteiger partial charge in [0.25, 0.3) is 5.56 Å². The van der Waals surface area contributed by atoms with Crippen molar-refractivity contribution in [3.63, 3.8) is 0 Å². The maximum atomic E-state index is 11.8. The predicted octanol–water partition coefficient (Wildman–Crippen LogP) is -0.133. The first kappa shape index (κ1) is 13.0. The van der Waals surface area contributed by atoms with Gasteiger partial charge in [-0.2, -0.15) is 0 Å². The van der Waals surface area contributed by atoms with Gasteiger partial charge in [0.2, 0.25) is 0 Å². The van der Waals surface area contributed by atoms with Crippen molar-refractivity contribution in [3.8, 4) is 0 Å². The summed E-state index contributed by atoms with van der Waals surface area (Å²) in [5.41, 5.74) is 0.204. The molecule has 7 heteroatoms. The fourth-order valence-corrected chi connectivity index (χ4v) is 1.93. The molecule has 96 valence electrons. The highest BCUT2D eigenvalue weighted by Crippen LogP contribution is 2.13. The van der Waals surface area contributed by atoms with E-state index in [1.807, 2.05) is 6.26 Å². The Labute approximate surface area is 107 Å². The summed E-state index contributed by atoms with van der Waals surface area (Å²) in [5, 5.41) is 19.6. The highest BCUT2D eigenvalue weighted by atomic mass is 32.2. The van der Waals surface area contributed by atoms with Crippen LogP contribution in [0.4, 0.5) is 0 Å². The van der Waals surface area contributed by atoms with Gasteiger partial charge >= 0.3 is 0 Å². The zero-order valence-electron chi connectivity index (χ0n) is 9.78. The second kappa shape index (κ2) is 5.47. The zero-order chi connectivity index (χ0) is 13.1. The maximum Gasteiger partial charge on any atom is 0.252 e. The van der Waals surface area contributed by atoms with Gasteiger partial charge in [-0.25, -0.2) is 9.97 Å². The fourth-order valence-electron chi connectivity index (χ4n) is 1.60. The Bertz CT molecular complexity index is 614. The second-order valence-electron chi connectivity index (χ2n) is 3.75. The van der Waals surface area contributed by atoms with Crippen LogP contribution in [-0.2, 0) is 6.54 Å². The quantitative estimate of drug-likeness (QED) is 0.592. The molecule has 0 radical (unpaired) electrons. The topological polar surface area (TPSA) is 88.2 Å². The molecule has 6 nitrogen and oxygen atoms in total. The summed E-state index contributed by atoms with van der Waals surface area (Å²) in [5.74, 6) is 0. The summed E-state index contributed by atoms with van der Waals surface area (Å²) in [7, 11) is 0. The molecule has 1 atom stereocenters. The highest BCUT2D eigenvalue weighted by molar-refractivity contribution is 7.98. The van der Waals surface area contributed by atoms with E-state index in [2.05, 4.69) is 9.97 Å². The Morgan fingerprint density at radius 1 is 1.50 bits per heavy atom. The number of aliphatic hydroxyl groups excluding tert-OH is 2. The molecule has 0 bridgehead atoms. The molecule has 2 heterocycles. The largest absolute Gasteiger partial charge is 0.394 e. The van der Waals surface area contributed by atoms with E-state index < -0.39 is 12.7 Å². The number of nitrogens with zero attached hydrogens (tertiary/aromatic N) is 3. The van der Waals surface area contributed by atoms with E-state index in [0.717, 1.165) is 5.39 Å². The average Bonchev–Trinajstić information content (AvgIpc) is 2.41. The summed E-state index contributed by atoms with van der Waals surface area (Å²) in [6.07, 6.45) is 2.49. The third-order valence-corrected chi connectivity index (χ3v) is 3.05. The van der Waals surface area contributed by atoms with Crippen LogP contribution in [0.25, 0.3) is 11.0 Å². The first-order chi connectivity index (χ1) is 8.65. The van der Waals surface area contributed by atoms with Crippen molar-refractivity contribution in [2.45, 2.75) is 17.8 Å². The smallest absolute Gasteiger partial charge is 0.252 e. The lowest BCUT2D eigenvalue weighted by Gasteiger charge is -2.12. The number of fused-ring (bicyclic) bond motifs is 1. The lowest BCUT2D eigenvalue weighted by Crippen LogP contribution is -2.28. The van der Waals surface area contributed by atoms with E-state index in [1.165, 1.54) is 22.4 Å². The summed E-state index contributed by atoms with van der Waals surface area (Å²) in [4.78, 5) is 20.2. The van der Waals surface area contributed by atoms with Gasteiger partial charge in [0.15, 0.2) is 5.16 Å². The normalized spacial score (nSPS) is 12.8. The molecule has 2 aromatic rings. The van der Waals surface area contributed by atoms with Crippen LogP contribution in [-0.4, -0.2) is 43.7 Å². The molecule has 0 saturated heterocycles. The molecular formula is C11H13N3O3S. The number of rotatable bonds is 4. The van der Waals surface area contributed by atoms with Crippen molar-refractivity contribution < 1.29 is 10.2 Å². The maximum absolute atomic E-state index is 11.8. The van der Waals surface area contributed by atoms with E-state index in [1.54, 1.807) is 12.3 Å². The molecule has 2 N–H and O–H groups in total. The first-order valence-corrected chi connectivity index (χ1v) is 6.57. The lowest BCUT2D eigenvalue weighted by molar-refractivity contribution is 0.0813. The van der Waals surface area contributed by atoms with Crippen LogP contribution in [0.15, 0.2) is 28.3 Å². The number of aliphatic hydroxyl groups is 2. The molecule has 0 fully saturated rings. The summed E-state index contributed by atoms with van der Waals surface area (Å²) in [6, 6.07) is 3.04. The third kappa shape index (κ3) is 2.53. The molecule has 0 aliphatic rings. The molecule has 0 aliphatic carbocycles. The van der Waals surface area contributed by atoms with Gasteiger partial charge in [-0.1, -0.05) is 11.8 Å². The van der Waals surface area contributed by atoms with Crippen LogP contribution in [0.5, 0.6) is 0 Å².